The molecule has 28 heavy (non-hydrogen) atoms. The predicted molar refractivity (Wildman–Crippen MR) is 112 cm³/mol. The highest BCUT2D eigenvalue weighted by atomic mass is 35.5. The second-order valence-electron chi connectivity index (χ2n) is 7.33. The SMILES string of the molecule is CCC[C@@H](C)C(=O)N1CCc2cc(OC)c(OC)cc2[C@@H]1c1cccc(Cl)c1. The van der Waals surface area contributed by atoms with Crippen LogP contribution in [0.15, 0.2) is 36.4 Å². The minimum Gasteiger partial charge on any atom is -0.493 e. The second-order valence-corrected chi connectivity index (χ2v) is 7.77. The molecule has 5 heteroatoms. The lowest BCUT2D eigenvalue weighted by Crippen LogP contribution is -2.43. The monoisotopic (exact) mass is 401 g/mol. The summed E-state index contributed by atoms with van der Waals surface area (Å²) in [7, 11) is 3.28. The maximum atomic E-state index is 13.3. The van der Waals surface area contributed by atoms with Crippen molar-refractivity contribution < 1.29 is 14.3 Å². The molecule has 1 aliphatic heterocycles. The molecule has 2 atom stereocenters. The van der Waals surface area contributed by atoms with E-state index in [-0.39, 0.29) is 17.9 Å². The molecule has 1 amide bonds. The standard InChI is InChI=1S/C23H28ClNO3/c1-5-7-15(2)23(26)25-11-10-16-13-20(27-3)21(28-4)14-19(16)22(25)17-8-6-9-18(24)12-17/h6,8-9,12-15,22H,5,7,10-11H2,1-4H3/t15-,22+/m1/s1. The largest absolute Gasteiger partial charge is 0.493 e. The molecule has 3 rings (SSSR count). The van der Waals surface area contributed by atoms with Crippen molar-refractivity contribution in [2.45, 2.75) is 39.2 Å². The molecule has 0 saturated heterocycles. The number of ether oxygens (including phenoxy) is 2. The first-order valence-electron chi connectivity index (χ1n) is 9.80. The van der Waals surface area contributed by atoms with Crippen LogP contribution < -0.4 is 9.47 Å². The van der Waals surface area contributed by atoms with Crippen molar-refractivity contribution in [1.82, 2.24) is 4.90 Å². The van der Waals surface area contributed by atoms with E-state index in [1.54, 1.807) is 14.2 Å². The zero-order valence-corrected chi connectivity index (χ0v) is 17.8. The van der Waals surface area contributed by atoms with E-state index in [4.69, 9.17) is 21.1 Å². The van der Waals surface area contributed by atoms with Gasteiger partial charge in [-0.2, -0.15) is 0 Å². The van der Waals surface area contributed by atoms with E-state index in [0.29, 0.717) is 23.1 Å². The molecule has 0 unspecified atom stereocenters. The number of benzene rings is 2. The minimum atomic E-state index is -0.186. The molecule has 0 saturated carbocycles. The van der Waals surface area contributed by atoms with Crippen LogP contribution in [-0.2, 0) is 11.2 Å². The summed E-state index contributed by atoms with van der Waals surface area (Å²) in [6, 6.07) is 11.6. The van der Waals surface area contributed by atoms with Crippen molar-refractivity contribution in [2.24, 2.45) is 5.92 Å². The van der Waals surface area contributed by atoms with Gasteiger partial charge in [0, 0.05) is 17.5 Å². The molecule has 0 radical (unpaired) electrons. The first-order valence-corrected chi connectivity index (χ1v) is 10.2. The van der Waals surface area contributed by atoms with Gasteiger partial charge in [0.15, 0.2) is 11.5 Å². The third kappa shape index (κ3) is 3.97. The number of rotatable bonds is 6. The molecular weight excluding hydrogens is 374 g/mol. The molecule has 0 bridgehead atoms. The van der Waals surface area contributed by atoms with Gasteiger partial charge in [0.25, 0.3) is 0 Å². The van der Waals surface area contributed by atoms with Crippen LogP contribution in [0.5, 0.6) is 11.5 Å². The van der Waals surface area contributed by atoms with E-state index >= 15 is 0 Å². The smallest absolute Gasteiger partial charge is 0.226 e. The molecule has 1 heterocycles. The molecule has 2 aromatic rings. The summed E-state index contributed by atoms with van der Waals surface area (Å²) in [5.74, 6) is 1.56. The van der Waals surface area contributed by atoms with Crippen LogP contribution in [0, 0.1) is 5.92 Å². The Morgan fingerprint density at radius 3 is 2.57 bits per heavy atom. The van der Waals surface area contributed by atoms with Crippen LogP contribution in [0.25, 0.3) is 0 Å². The normalized spacial score (nSPS) is 17.0. The number of carbonyl (C=O) groups is 1. The number of methoxy groups -OCH3 is 2. The molecule has 2 aromatic carbocycles. The molecule has 150 valence electrons. The Hall–Kier alpha value is -2.20. The van der Waals surface area contributed by atoms with E-state index < -0.39 is 0 Å². The summed E-state index contributed by atoms with van der Waals surface area (Å²) >= 11 is 6.29. The quantitative estimate of drug-likeness (QED) is 0.662. The third-order valence-electron chi connectivity index (χ3n) is 5.46. The van der Waals surface area contributed by atoms with Gasteiger partial charge in [-0.15, -0.1) is 0 Å². The van der Waals surface area contributed by atoms with Crippen molar-refractivity contribution in [3.05, 3.63) is 58.1 Å². The Balaban J connectivity index is 2.13. The van der Waals surface area contributed by atoms with Crippen molar-refractivity contribution >= 4 is 17.5 Å². The lowest BCUT2D eigenvalue weighted by molar-refractivity contribution is -0.137. The molecule has 0 fully saturated rings. The van der Waals surface area contributed by atoms with E-state index in [0.717, 1.165) is 30.4 Å². The number of fused-ring (bicyclic) bond motifs is 1. The molecule has 1 aliphatic rings. The van der Waals surface area contributed by atoms with Gasteiger partial charge in [-0.05, 0) is 53.8 Å². The van der Waals surface area contributed by atoms with E-state index in [2.05, 4.69) is 6.92 Å². The second kappa shape index (κ2) is 8.87. The number of hydrogen-bond donors (Lipinski definition) is 0. The van der Waals surface area contributed by atoms with Gasteiger partial charge < -0.3 is 14.4 Å². The highest BCUT2D eigenvalue weighted by molar-refractivity contribution is 6.30. The van der Waals surface area contributed by atoms with E-state index in [1.165, 1.54) is 5.56 Å². The summed E-state index contributed by atoms with van der Waals surface area (Å²) in [6.45, 7) is 4.80. The predicted octanol–water partition coefficient (Wildman–Crippen LogP) is 5.27. The number of halogens is 1. The van der Waals surface area contributed by atoms with Crippen LogP contribution in [0.3, 0.4) is 0 Å². The summed E-state index contributed by atoms with van der Waals surface area (Å²) in [5.41, 5.74) is 3.26. The molecule has 0 aromatic heterocycles. The van der Waals surface area contributed by atoms with Crippen molar-refractivity contribution in [3.8, 4) is 11.5 Å². The third-order valence-corrected chi connectivity index (χ3v) is 5.70. The summed E-state index contributed by atoms with van der Waals surface area (Å²) in [5, 5.41) is 0.666. The lowest BCUT2D eigenvalue weighted by atomic mass is 9.86. The Labute approximate surface area is 172 Å². The first-order chi connectivity index (χ1) is 13.5. The fourth-order valence-electron chi connectivity index (χ4n) is 4.06. The van der Waals surface area contributed by atoms with Crippen molar-refractivity contribution in [1.29, 1.82) is 0 Å². The van der Waals surface area contributed by atoms with Crippen molar-refractivity contribution in [2.75, 3.05) is 20.8 Å². The Kier molecular flexibility index (Phi) is 6.50. The van der Waals surface area contributed by atoms with Gasteiger partial charge in [-0.3, -0.25) is 4.79 Å². The average Bonchev–Trinajstić information content (AvgIpc) is 2.71. The average molecular weight is 402 g/mol. The highest BCUT2D eigenvalue weighted by Gasteiger charge is 2.34. The van der Waals surface area contributed by atoms with Gasteiger partial charge in [0.05, 0.1) is 20.3 Å². The number of amides is 1. The lowest BCUT2D eigenvalue weighted by Gasteiger charge is -2.39. The number of carbonyl (C=O) groups excluding carboxylic acids is 1. The van der Waals surface area contributed by atoms with Crippen molar-refractivity contribution in [3.63, 3.8) is 0 Å². The van der Waals surface area contributed by atoms with Crippen LogP contribution >= 0.6 is 11.6 Å². The fraction of sp³-hybridized carbons (Fsp3) is 0.435. The maximum absolute atomic E-state index is 13.3. The van der Waals surface area contributed by atoms with Gasteiger partial charge in [0.2, 0.25) is 5.91 Å². The summed E-state index contributed by atoms with van der Waals surface area (Å²) < 4.78 is 11.0. The zero-order chi connectivity index (χ0) is 20.3. The Morgan fingerprint density at radius 2 is 1.93 bits per heavy atom. The summed E-state index contributed by atoms with van der Waals surface area (Å²) in [4.78, 5) is 15.3. The van der Waals surface area contributed by atoms with Crippen LogP contribution in [0.2, 0.25) is 5.02 Å². The zero-order valence-electron chi connectivity index (χ0n) is 17.0. The first kappa shape index (κ1) is 20.5. The number of nitrogens with zero attached hydrogens (tertiary/aromatic N) is 1. The maximum Gasteiger partial charge on any atom is 0.226 e. The van der Waals surface area contributed by atoms with Crippen LogP contribution in [-0.4, -0.2) is 31.6 Å². The summed E-state index contributed by atoms with van der Waals surface area (Å²) in [6.07, 6.45) is 2.66. The van der Waals surface area contributed by atoms with E-state index in [9.17, 15) is 4.79 Å². The highest BCUT2D eigenvalue weighted by Crippen LogP contribution is 2.42. The fourth-order valence-corrected chi connectivity index (χ4v) is 4.26. The molecule has 4 nitrogen and oxygen atoms in total. The molecular formula is C23H28ClNO3. The molecule has 0 aliphatic carbocycles. The molecule has 0 spiro atoms. The van der Waals surface area contributed by atoms with Gasteiger partial charge in [-0.1, -0.05) is 44.0 Å². The van der Waals surface area contributed by atoms with Crippen LogP contribution in [0.1, 0.15) is 49.4 Å². The van der Waals surface area contributed by atoms with E-state index in [1.807, 2.05) is 48.2 Å². The van der Waals surface area contributed by atoms with Crippen LogP contribution in [0.4, 0.5) is 0 Å². The van der Waals surface area contributed by atoms with Gasteiger partial charge in [-0.25, -0.2) is 0 Å². The van der Waals surface area contributed by atoms with Gasteiger partial charge in [0.1, 0.15) is 0 Å². The minimum absolute atomic E-state index is 0.00613. The van der Waals surface area contributed by atoms with Gasteiger partial charge >= 0.3 is 0 Å². The Morgan fingerprint density at radius 1 is 1.21 bits per heavy atom. The Bertz CT molecular complexity index is 852. The molecule has 0 N–H and O–H groups in total. The number of hydrogen-bond acceptors (Lipinski definition) is 3. The topological polar surface area (TPSA) is 38.8 Å².